The maximum atomic E-state index is 12.2. The standard InChI is InChI=1S/C18H22BrNO2/c1-17(2,3)22-16(21)20-10-8-18(9-11-20)7-6-13-4-5-14(19)12-15(13)18/h4-7,12H,8-11H2,1-3H3. The van der Waals surface area contributed by atoms with Gasteiger partial charge in [-0.15, -0.1) is 0 Å². The van der Waals surface area contributed by atoms with Crippen molar-refractivity contribution < 1.29 is 9.53 Å². The first-order chi connectivity index (χ1) is 10.3. The summed E-state index contributed by atoms with van der Waals surface area (Å²) < 4.78 is 6.59. The number of carbonyl (C=O) groups excluding carboxylic acids is 1. The number of ether oxygens (including phenoxy) is 1. The zero-order valence-corrected chi connectivity index (χ0v) is 14.9. The summed E-state index contributed by atoms with van der Waals surface area (Å²) in [6.07, 6.45) is 6.23. The van der Waals surface area contributed by atoms with E-state index in [4.69, 9.17) is 4.74 Å². The Balaban J connectivity index is 1.72. The molecular weight excluding hydrogens is 342 g/mol. The van der Waals surface area contributed by atoms with E-state index in [0.29, 0.717) is 0 Å². The van der Waals surface area contributed by atoms with Gasteiger partial charge in [-0.2, -0.15) is 0 Å². The Morgan fingerprint density at radius 3 is 2.59 bits per heavy atom. The van der Waals surface area contributed by atoms with E-state index in [2.05, 4.69) is 46.3 Å². The normalized spacial score (nSPS) is 19.4. The number of hydrogen-bond acceptors (Lipinski definition) is 2. The summed E-state index contributed by atoms with van der Waals surface area (Å²) in [7, 11) is 0. The van der Waals surface area contributed by atoms with Gasteiger partial charge in [-0.25, -0.2) is 4.79 Å². The number of nitrogens with zero attached hydrogens (tertiary/aromatic N) is 1. The van der Waals surface area contributed by atoms with Crippen LogP contribution in [0.5, 0.6) is 0 Å². The van der Waals surface area contributed by atoms with Crippen molar-refractivity contribution in [3.05, 3.63) is 39.9 Å². The van der Waals surface area contributed by atoms with Gasteiger partial charge in [0.15, 0.2) is 0 Å². The number of amides is 1. The first-order valence-corrected chi connectivity index (χ1v) is 8.56. The van der Waals surface area contributed by atoms with E-state index < -0.39 is 5.60 Å². The molecule has 1 spiro atoms. The number of likely N-dealkylation sites (tertiary alicyclic amines) is 1. The molecule has 0 atom stereocenters. The molecule has 1 aliphatic carbocycles. The van der Waals surface area contributed by atoms with Crippen molar-refractivity contribution in [2.45, 2.75) is 44.6 Å². The van der Waals surface area contributed by atoms with Gasteiger partial charge in [0.2, 0.25) is 0 Å². The molecule has 0 bridgehead atoms. The van der Waals surface area contributed by atoms with E-state index in [1.54, 1.807) is 0 Å². The number of carbonyl (C=O) groups is 1. The average molecular weight is 364 g/mol. The Kier molecular flexibility index (Phi) is 3.84. The van der Waals surface area contributed by atoms with E-state index in [1.165, 1.54) is 11.1 Å². The molecule has 0 N–H and O–H groups in total. The second kappa shape index (κ2) is 5.41. The molecular formula is C18H22BrNO2. The van der Waals surface area contributed by atoms with Crippen LogP contribution in [0, 0.1) is 0 Å². The SMILES string of the molecule is CC(C)(C)OC(=O)N1CCC2(C=Cc3ccc(Br)cc32)CC1. The molecule has 1 saturated heterocycles. The number of benzene rings is 1. The minimum absolute atomic E-state index is 0.0810. The molecule has 22 heavy (non-hydrogen) atoms. The summed E-state index contributed by atoms with van der Waals surface area (Å²) in [5.41, 5.74) is 2.33. The predicted molar refractivity (Wildman–Crippen MR) is 91.9 cm³/mol. The molecule has 3 nitrogen and oxygen atoms in total. The fraction of sp³-hybridized carbons (Fsp3) is 0.500. The molecule has 0 unspecified atom stereocenters. The second-order valence-corrected chi connectivity index (χ2v) is 8.10. The Hall–Kier alpha value is -1.29. The lowest BCUT2D eigenvalue weighted by molar-refractivity contribution is 0.0184. The number of hydrogen-bond donors (Lipinski definition) is 0. The van der Waals surface area contributed by atoms with Gasteiger partial charge >= 0.3 is 6.09 Å². The van der Waals surface area contributed by atoms with Gasteiger partial charge in [0.05, 0.1) is 0 Å². The topological polar surface area (TPSA) is 29.5 Å². The average Bonchev–Trinajstić information content (AvgIpc) is 2.76. The van der Waals surface area contributed by atoms with Gasteiger partial charge in [0.25, 0.3) is 0 Å². The summed E-state index contributed by atoms with van der Waals surface area (Å²) in [5.74, 6) is 0. The monoisotopic (exact) mass is 363 g/mol. The minimum atomic E-state index is -0.434. The molecule has 1 aliphatic heterocycles. The van der Waals surface area contributed by atoms with Crippen LogP contribution in [-0.4, -0.2) is 29.7 Å². The summed E-state index contributed by atoms with van der Waals surface area (Å²) >= 11 is 3.57. The first kappa shape index (κ1) is 15.6. The van der Waals surface area contributed by atoms with E-state index in [9.17, 15) is 4.79 Å². The van der Waals surface area contributed by atoms with Crippen molar-refractivity contribution in [2.75, 3.05) is 13.1 Å². The Bertz CT molecular complexity index is 622. The first-order valence-electron chi connectivity index (χ1n) is 7.76. The predicted octanol–water partition coefficient (Wildman–Crippen LogP) is 4.74. The quantitative estimate of drug-likeness (QED) is 0.665. The van der Waals surface area contributed by atoms with E-state index in [-0.39, 0.29) is 11.5 Å². The van der Waals surface area contributed by atoms with Crippen LogP contribution in [0.2, 0.25) is 0 Å². The third-order valence-corrected chi connectivity index (χ3v) is 4.93. The number of halogens is 1. The summed E-state index contributed by atoms with van der Waals surface area (Å²) in [6, 6.07) is 6.46. The molecule has 0 radical (unpaired) electrons. The van der Waals surface area contributed by atoms with Crippen molar-refractivity contribution in [3.8, 4) is 0 Å². The van der Waals surface area contributed by atoms with Gasteiger partial charge in [0, 0.05) is 23.0 Å². The van der Waals surface area contributed by atoms with Crippen LogP contribution in [0.25, 0.3) is 6.08 Å². The van der Waals surface area contributed by atoms with Gasteiger partial charge in [0.1, 0.15) is 5.60 Å². The van der Waals surface area contributed by atoms with Crippen LogP contribution in [0.3, 0.4) is 0 Å². The highest BCUT2D eigenvalue weighted by molar-refractivity contribution is 9.10. The fourth-order valence-corrected chi connectivity index (χ4v) is 3.66. The lowest BCUT2D eigenvalue weighted by Crippen LogP contribution is -2.45. The van der Waals surface area contributed by atoms with Gasteiger partial charge in [-0.3, -0.25) is 0 Å². The van der Waals surface area contributed by atoms with Crippen molar-refractivity contribution in [1.82, 2.24) is 4.90 Å². The van der Waals surface area contributed by atoms with Gasteiger partial charge in [-0.1, -0.05) is 34.1 Å². The molecule has 1 fully saturated rings. The third-order valence-electron chi connectivity index (χ3n) is 4.44. The van der Waals surface area contributed by atoms with Crippen LogP contribution >= 0.6 is 15.9 Å². The highest BCUT2D eigenvalue weighted by atomic mass is 79.9. The number of fused-ring (bicyclic) bond motifs is 2. The zero-order valence-electron chi connectivity index (χ0n) is 13.4. The van der Waals surface area contributed by atoms with Crippen LogP contribution in [-0.2, 0) is 10.2 Å². The Labute approximate surface area is 140 Å². The number of allylic oxidation sites excluding steroid dienone is 1. The van der Waals surface area contributed by atoms with Crippen molar-refractivity contribution in [2.24, 2.45) is 0 Å². The lowest BCUT2D eigenvalue weighted by atomic mass is 9.74. The Morgan fingerprint density at radius 1 is 1.27 bits per heavy atom. The Morgan fingerprint density at radius 2 is 1.95 bits per heavy atom. The lowest BCUT2D eigenvalue weighted by Gasteiger charge is -2.39. The van der Waals surface area contributed by atoms with Crippen LogP contribution < -0.4 is 0 Å². The van der Waals surface area contributed by atoms with Crippen LogP contribution in [0.4, 0.5) is 4.79 Å². The summed E-state index contributed by atoms with van der Waals surface area (Å²) in [6.45, 7) is 7.20. The number of piperidine rings is 1. The molecule has 0 aromatic heterocycles. The van der Waals surface area contributed by atoms with Crippen molar-refractivity contribution in [1.29, 1.82) is 0 Å². The van der Waals surface area contributed by atoms with Crippen molar-refractivity contribution >= 4 is 28.1 Å². The van der Waals surface area contributed by atoms with E-state index in [0.717, 1.165) is 30.4 Å². The molecule has 1 heterocycles. The zero-order chi connectivity index (χ0) is 16.0. The molecule has 1 aromatic rings. The molecule has 1 amide bonds. The van der Waals surface area contributed by atoms with Crippen LogP contribution in [0.15, 0.2) is 28.7 Å². The largest absolute Gasteiger partial charge is 0.444 e. The van der Waals surface area contributed by atoms with Gasteiger partial charge < -0.3 is 9.64 Å². The van der Waals surface area contributed by atoms with E-state index in [1.807, 2.05) is 25.7 Å². The highest BCUT2D eigenvalue weighted by Crippen LogP contribution is 2.44. The third kappa shape index (κ3) is 2.94. The van der Waals surface area contributed by atoms with Crippen molar-refractivity contribution in [3.63, 3.8) is 0 Å². The maximum Gasteiger partial charge on any atom is 0.410 e. The number of rotatable bonds is 0. The highest BCUT2D eigenvalue weighted by Gasteiger charge is 2.39. The molecule has 3 rings (SSSR count). The van der Waals surface area contributed by atoms with Gasteiger partial charge in [-0.05, 0) is 56.9 Å². The molecule has 118 valence electrons. The van der Waals surface area contributed by atoms with E-state index >= 15 is 0 Å². The minimum Gasteiger partial charge on any atom is -0.444 e. The second-order valence-electron chi connectivity index (χ2n) is 7.19. The van der Waals surface area contributed by atoms with Crippen LogP contribution in [0.1, 0.15) is 44.7 Å². The maximum absolute atomic E-state index is 12.2. The smallest absolute Gasteiger partial charge is 0.410 e. The fourth-order valence-electron chi connectivity index (χ4n) is 3.29. The summed E-state index contributed by atoms with van der Waals surface area (Å²) in [5, 5.41) is 0. The molecule has 0 saturated carbocycles. The summed E-state index contributed by atoms with van der Waals surface area (Å²) in [4.78, 5) is 14.0. The molecule has 4 heteroatoms. The molecule has 2 aliphatic rings. The molecule has 1 aromatic carbocycles.